The van der Waals surface area contributed by atoms with Gasteiger partial charge in [0, 0.05) is 18.1 Å². The minimum Gasteiger partial charge on any atom is -0.493 e. The van der Waals surface area contributed by atoms with Gasteiger partial charge in [-0.1, -0.05) is 47.5 Å². The number of benzene rings is 3. The number of carboxylic acids is 1. The van der Waals surface area contributed by atoms with Gasteiger partial charge in [0.25, 0.3) is 0 Å². The van der Waals surface area contributed by atoms with Gasteiger partial charge in [0.1, 0.15) is 6.61 Å². The highest BCUT2D eigenvalue weighted by molar-refractivity contribution is 6.32. The zero-order valence-electron chi connectivity index (χ0n) is 16.7. The van der Waals surface area contributed by atoms with Crippen LogP contribution in [0.2, 0.25) is 10.0 Å². The average molecular weight is 483 g/mol. The first-order valence-electron chi connectivity index (χ1n) is 9.23. The van der Waals surface area contributed by atoms with E-state index in [4.69, 9.17) is 37.8 Å². The normalized spacial score (nSPS) is 10.3. The molecule has 2 N–H and O–H groups in total. The summed E-state index contributed by atoms with van der Waals surface area (Å²) in [7, 11) is 1.57. The molecule has 0 heterocycles. The van der Waals surface area contributed by atoms with Gasteiger partial charge < -0.3 is 19.9 Å². The maximum Gasteiger partial charge on any atom is 0.335 e. The molecule has 0 aliphatic rings. The minimum absolute atomic E-state index is 0. The molecule has 0 radical (unpaired) electrons. The van der Waals surface area contributed by atoms with Crippen LogP contribution >= 0.6 is 35.6 Å². The molecule has 0 amide bonds. The lowest BCUT2D eigenvalue weighted by Crippen LogP contribution is -2.13. The van der Waals surface area contributed by atoms with E-state index in [0.717, 1.165) is 16.7 Å². The fraction of sp³-hybridized carbons (Fsp3) is 0.174. The topological polar surface area (TPSA) is 67.8 Å². The Kier molecular flexibility index (Phi) is 9.46. The summed E-state index contributed by atoms with van der Waals surface area (Å²) in [5, 5.41) is 13.4. The van der Waals surface area contributed by atoms with Crippen LogP contribution in [0.1, 0.15) is 27.0 Å². The molecular weight excluding hydrogens is 461 g/mol. The van der Waals surface area contributed by atoms with Gasteiger partial charge in [-0.25, -0.2) is 4.79 Å². The van der Waals surface area contributed by atoms with E-state index in [1.807, 2.05) is 36.4 Å². The summed E-state index contributed by atoms with van der Waals surface area (Å²) in [4.78, 5) is 10.9. The summed E-state index contributed by atoms with van der Waals surface area (Å²) < 4.78 is 11.3. The van der Waals surface area contributed by atoms with Crippen LogP contribution in [0.25, 0.3) is 0 Å². The van der Waals surface area contributed by atoms with Gasteiger partial charge in [-0.15, -0.1) is 12.4 Å². The molecule has 0 atom stereocenters. The molecular formula is C23H22Cl3NO4. The van der Waals surface area contributed by atoms with Crippen molar-refractivity contribution in [1.82, 2.24) is 5.32 Å². The van der Waals surface area contributed by atoms with Crippen molar-refractivity contribution in [3.05, 3.63) is 93.0 Å². The van der Waals surface area contributed by atoms with Crippen molar-refractivity contribution in [2.75, 3.05) is 7.11 Å². The highest BCUT2D eigenvalue weighted by atomic mass is 35.5. The van der Waals surface area contributed by atoms with Gasteiger partial charge in [-0.05, 0) is 53.1 Å². The number of hydrogen-bond donors (Lipinski definition) is 2. The predicted octanol–water partition coefficient (Wildman–Crippen LogP) is 5.99. The first-order valence-corrected chi connectivity index (χ1v) is 9.98. The largest absolute Gasteiger partial charge is 0.493 e. The Morgan fingerprint density at radius 2 is 1.55 bits per heavy atom. The molecule has 164 valence electrons. The lowest BCUT2D eigenvalue weighted by Gasteiger charge is -2.15. The Balaban J connectivity index is 0.00000341. The monoisotopic (exact) mass is 481 g/mol. The van der Waals surface area contributed by atoms with Crippen LogP contribution in [0, 0.1) is 0 Å². The molecule has 3 rings (SSSR count). The molecule has 0 aliphatic heterocycles. The number of aromatic carboxylic acids is 1. The minimum atomic E-state index is -0.936. The maximum atomic E-state index is 10.9. The molecule has 3 aromatic rings. The number of halogens is 3. The Morgan fingerprint density at radius 1 is 0.935 bits per heavy atom. The molecule has 0 saturated carbocycles. The first-order chi connectivity index (χ1) is 14.5. The van der Waals surface area contributed by atoms with Crippen LogP contribution in [-0.4, -0.2) is 18.2 Å². The summed E-state index contributed by atoms with van der Waals surface area (Å²) in [6.07, 6.45) is 0. The molecule has 0 spiro atoms. The molecule has 0 aliphatic carbocycles. The molecule has 3 aromatic carbocycles. The van der Waals surface area contributed by atoms with Crippen LogP contribution in [0.5, 0.6) is 11.5 Å². The fourth-order valence-electron chi connectivity index (χ4n) is 2.87. The van der Waals surface area contributed by atoms with Crippen molar-refractivity contribution >= 4 is 41.6 Å². The van der Waals surface area contributed by atoms with E-state index in [2.05, 4.69) is 5.32 Å². The third kappa shape index (κ3) is 7.04. The SMILES string of the molecule is COc1cc(CNCc2ccc(C(=O)O)cc2)cc(Cl)c1OCc1ccc(Cl)cc1.Cl. The van der Waals surface area contributed by atoms with Gasteiger partial charge in [0.15, 0.2) is 11.5 Å². The van der Waals surface area contributed by atoms with E-state index in [0.29, 0.717) is 41.2 Å². The van der Waals surface area contributed by atoms with Gasteiger partial charge in [-0.3, -0.25) is 0 Å². The number of nitrogens with one attached hydrogen (secondary N) is 1. The second kappa shape index (κ2) is 11.8. The Labute approximate surface area is 197 Å². The van der Waals surface area contributed by atoms with Gasteiger partial charge in [0.2, 0.25) is 0 Å². The van der Waals surface area contributed by atoms with Crippen LogP contribution < -0.4 is 14.8 Å². The van der Waals surface area contributed by atoms with Gasteiger partial charge >= 0.3 is 5.97 Å². The lowest BCUT2D eigenvalue weighted by molar-refractivity contribution is 0.0697. The van der Waals surface area contributed by atoms with E-state index in [1.165, 1.54) is 0 Å². The smallest absolute Gasteiger partial charge is 0.335 e. The van der Waals surface area contributed by atoms with Crippen molar-refractivity contribution in [1.29, 1.82) is 0 Å². The standard InChI is InChI=1S/C23H21Cl2NO4.ClH/c1-29-21-11-17(13-26-12-15-2-6-18(7-3-15)23(27)28)10-20(25)22(21)30-14-16-4-8-19(24)9-5-16;/h2-11,26H,12-14H2,1H3,(H,27,28);1H. The van der Waals surface area contributed by atoms with Crippen molar-refractivity contribution in [2.24, 2.45) is 0 Å². The van der Waals surface area contributed by atoms with Crippen LogP contribution in [0.4, 0.5) is 0 Å². The van der Waals surface area contributed by atoms with Crippen molar-refractivity contribution in [3.8, 4) is 11.5 Å². The molecule has 31 heavy (non-hydrogen) atoms. The number of hydrogen-bond acceptors (Lipinski definition) is 4. The molecule has 0 unspecified atom stereocenters. The van der Waals surface area contributed by atoms with Crippen LogP contribution in [0.3, 0.4) is 0 Å². The highest BCUT2D eigenvalue weighted by Crippen LogP contribution is 2.37. The predicted molar refractivity (Wildman–Crippen MR) is 125 cm³/mol. The third-order valence-corrected chi connectivity index (χ3v) is 4.98. The van der Waals surface area contributed by atoms with Crippen LogP contribution in [-0.2, 0) is 19.7 Å². The number of carbonyl (C=O) groups is 1. The van der Waals surface area contributed by atoms with E-state index < -0.39 is 5.97 Å². The van der Waals surface area contributed by atoms with E-state index in [9.17, 15) is 4.79 Å². The summed E-state index contributed by atoms with van der Waals surface area (Å²) in [5.41, 5.74) is 3.17. The summed E-state index contributed by atoms with van der Waals surface area (Å²) >= 11 is 12.3. The fourth-order valence-corrected chi connectivity index (χ4v) is 3.28. The average Bonchev–Trinajstić information content (AvgIpc) is 2.74. The van der Waals surface area contributed by atoms with Crippen molar-refractivity contribution < 1.29 is 19.4 Å². The molecule has 0 bridgehead atoms. The van der Waals surface area contributed by atoms with Gasteiger partial charge in [0.05, 0.1) is 17.7 Å². The van der Waals surface area contributed by atoms with Crippen molar-refractivity contribution in [2.45, 2.75) is 19.7 Å². The number of ether oxygens (including phenoxy) is 2. The molecule has 0 aromatic heterocycles. The number of rotatable bonds is 9. The highest BCUT2D eigenvalue weighted by Gasteiger charge is 2.12. The zero-order valence-corrected chi connectivity index (χ0v) is 19.1. The van der Waals surface area contributed by atoms with Crippen LogP contribution in [0.15, 0.2) is 60.7 Å². The van der Waals surface area contributed by atoms with Gasteiger partial charge in [-0.2, -0.15) is 0 Å². The quantitative estimate of drug-likeness (QED) is 0.392. The third-order valence-electron chi connectivity index (χ3n) is 4.44. The maximum absolute atomic E-state index is 10.9. The number of methoxy groups -OCH3 is 1. The molecule has 8 heteroatoms. The lowest BCUT2D eigenvalue weighted by atomic mass is 10.1. The molecule has 0 fully saturated rings. The Hall–Kier alpha value is -2.44. The summed E-state index contributed by atoms with van der Waals surface area (Å²) in [6, 6.07) is 17.9. The van der Waals surface area contributed by atoms with E-state index >= 15 is 0 Å². The Morgan fingerprint density at radius 3 is 2.16 bits per heavy atom. The molecule has 0 saturated heterocycles. The van der Waals surface area contributed by atoms with Crippen molar-refractivity contribution in [3.63, 3.8) is 0 Å². The first kappa shape index (κ1) is 24.8. The molecule has 5 nitrogen and oxygen atoms in total. The second-order valence-corrected chi connectivity index (χ2v) is 7.47. The second-order valence-electron chi connectivity index (χ2n) is 6.63. The summed E-state index contributed by atoms with van der Waals surface area (Å²) in [6.45, 7) is 1.50. The summed E-state index contributed by atoms with van der Waals surface area (Å²) in [5.74, 6) is 0.107. The number of carboxylic acid groups (broad SMARTS) is 1. The zero-order chi connectivity index (χ0) is 21.5. The van der Waals surface area contributed by atoms with E-state index in [-0.39, 0.29) is 18.0 Å². The van der Waals surface area contributed by atoms with E-state index in [1.54, 1.807) is 31.4 Å². The Bertz CT molecular complexity index is 1010.